The van der Waals surface area contributed by atoms with Gasteiger partial charge in [-0.2, -0.15) is 5.26 Å². The Hall–Kier alpha value is -3.00. The zero-order valence-electron chi connectivity index (χ0n) is 17.2. The van der Waals surface area contributed by atoms with Crippen molar-refractivity contribution in [3.05, 3.63) is 58.7 Å². The van der Waals surface area contributed by atoms with Gasteiger partial charge in [-0.15, -0.1) is 0 Å². The van der Waals surface area contributed by atoms with Crippen LogP contribution in [0.25, 0.3) is 5.69 Å². The Balaban J connectivity index is 1.79. The summed E-state index contributed by atoms with van der Waals surface area (Å²) in [5.74, 6) is 1.24. The number of imidazole rings is 1. The molecule has 2 atom stereocenters. The number of carbonyl (C=O) groups is 2. The average molecular weight is 387 g/mol. The molecule has 0 N–H and O–H groups in total. The molecule has 1 aromatic heterocycles. The van der Waals surface area contributed by atoms with Gasteiger partial charge in [0.1, 0.15) is 17.7 Å². The molecule has 5 nitrogen and oxygen atoms in total. The normalized spacial score (nSPS) is 23.0. The van der Waals surface area contributed by atoms with Crippen molar-refractivity contribution < 1.29 is 9.59 Å². The van der Waals surface area contributed by atoms with E-state index in [1.807, 2.05) is 19.1 Å². The van der Waals surface area contributed by atoms with Crippen LogP contribution in [-0.2, 0) is 27.8 Å². The second-order valence-electron chi connectivity index (χ2n) is 8.48. The molecule has 148 valence electrons. The Labute approximate surface area is 171 Å². The molecule has 0 fully saturated rings. The molecule has 0 saturated heterocycles. The number of Topliss-reactive ketones (excluding diaryl/α,β-unsaturated/α-hetero) is 2. The van der Waals surface area contributed by atoms with Crippen molar-refractivity contribution in [3.8, 4) is 11.8 Å². The number of carbonyl (C=O) groups excluding carboxylic acids is 2. The van der Waals surface area contributed by atoms with Crippen molar-refractivity contribution in [1.29, 1.82) is 5.26 Å². The summed E-state index contributed by atoms with van der Waals surface area (Å²) in [6.45, 7) is 5.73. The fourth-order valence-electron chi connectivity index (χ4n) is 4.87. The first kappa shape index (κ1) is 19.3. The van der Waals surface area contributed by atoms with Crippen LogP contribution >= 0.6 is 0 Å². The molecule has 0 aliphatic heterocycles. The summed E-state index contributed by atoms with van der Waals surface area (Å²) in [4.78, 5) is 28.5. The van der Waals surface area contributed by atoms with Crippen LogP contribution in [0.2, 0.25) is 0 Å². The quantitative estimate of drug-likeness (QED) is 0.796. The van der Waals surface area contributed by atoms with Gasteiger partial charge in [-0.3, -0.25) is 4.79 Å². The number of aryl methyl sites for hydroxylation is 2. The lowest BCUT2D eigenvalue weighted by atomic mass is 9.62. The Bertz CT molecular complexity index is 1090. The summed E-state index contributed by atoms with van der Waals surface area (Å²) in [6.07, 6.45) is 5.30. The fourth-order valence-corrected chi connectivity index (χ4v) is 4.87. The molecule has 2 aromatic rings. The number of ketones is 2. The lowest BCUT2D eigenvalue weighted by Gasteiger charge is -2.41. The van der Waals surface area contributed by atoms with E-state index in [-0.39, 0.29) is 23.1 Å². The molecule has 2 aliphatic rings. The number of hydrogen-bond acceptors (Lipinski definition) is 4. The minimum Gasteiger partial charge on any atom is -0.301 e. The van der Waals surface area contributed by atoms with Gasteiger partial charge < -0.3 is 9.36 Å². The summed E-state index contributed by atoms with van der Waals surface area (Å²) in [6, 6.07) is 10.4. The van der Waals surface area contributed by atoms with Gasteiger partial charge in [0.05, 0.1) is 11.3 Å². The third kappa shape index (κ3) is 3.23. The highest BCUT2D eigenvalue weighted by molar-refractivity contribution is 6.00. The number of hydrogen-bond donors (Lipinski definition) is 0. The standard InChI is InChI=1S/C24H25N3O2/c1-15(28)7-8-17-5-4-6-20(11-17)27-16(2)26-23-21(27)10-9-19-12-22(29)18(14-25)13-24(19,23)3/h4-6,11,13,19H,7-10,12H2,1-3H3. The molecule has 0 spiro atoms. The highest BCUT2D eigenvalue weighted by Gasteiger charge is 2.46. The van der Waals surface area contributed by atoms with Crippen molar-refractivity contribution in [2.75, 3.05) is 0 Å². The highest BCUT2D eigenvalue weighted by Crippen LogP contribution is 2.47. The number of benzene rings is 1. The van der Waals surface area contributed by atoms with E-state index in [2.05, 4.69) is 35.8 Å². The van der Waals surface area contributed by atoms with Crippen molar-refractivity contribution in [3.63, 3.8) is 0 Å². The second-order valence-corrected chi connectivity index (χ2v) is 8.48. The van der Waals surface area contributed by atoms with Gasteiger partial charge >= 0.3 is 0 Å². The zero-order chi connectivity index (χ0) is 20.8. The summed E-state index contributed by atoms with van der Waals surface area (Å²) in [5, 5.41) is 9.38. The van der Waals surface area contributed by atoms with E-state index >= 15 is 0 Å². The van der Waals surface area contributed by atoms with Gasteiger partial charge in [-0.1, -0.05) is 25.1 Å². The molecule has 0 amide bonds. The number of aromatic nitrogens is 2. The molecule has 2 aliphatic carbocycles. The van der Waals surface area contributed by atoms with E-state index in [0.717, 1.165) is 47.7 Å². The average Bonchev–Trinajstić information content (AvgIpc) is 3.04. The van der Waals surface area contributed by atoms with Gasteiger partial charge in [0, 0.05) is 29.6 Å². The van der Waals surface area contributed by atoms with E-state index in [1.165, 1.54) is 0 Å². The monoisotopic (exact) mass is 387 g/mol. The van der Waals surface area contributed by atoms with Crippen LogP contribution in [-0.4, -0.2) is 21.1 Å². The fraction of sp³-hybridized carbons (Fsp3) is 0.417. The molecule has 5 heteroatoms. The maximum Gasteiger partial charge on any atom is 0.173 e. The third-order valence-electron chi connectivity index (χ3n) is 6.46. The van der Waals surface area contributed by atoms with Crippen LogP contribution in [0.1, 0.15) is 55.9 Å². The van der Waals surface area contributed by atoms with E-state index < -0.39 is 5.41 Å². The van der Waals surface area contributed by atoms with Crippen molar-refractivity contribution in [2.45, 2.75) is 58.3 Å². The number of nitrogens with zero attached hydrogens (tertiary/aromatic N) is 3. The SMILES string of the molecule is CC(=O)CCc1cccc(-n2c(C)nc3c2CCC2CC(=O)C(C#N)=CC32C)c1. The molecule has 0 saturated carbocycles. The molecule has 1 aromatic carbocycles. The molecule has 0 radical (unpaired) electrons. The Morgan fingerprint density at radius 3 is 2.93 bits per heavy atom. The second kappa shape index (κ2) is 7.11. The molecule has 2 unspecified atom stereocenters. The first-order chi connectivity index (χ1) is 13.8. The van der Waals surface area contributed by atoms with Gasteiger partial charge in [0.25, 0.3) is 0 Å². The zero-order valence-corrected chi connectivity index (χ0v) is 17.2. The van der Waals surface area contributed by atoms with Crippen molar-refractivity contribution in [2.24, 2.45) is 5.92 Å². The highest BCUT2D eigenvalue weighted by atomic mass is 16.1. The number of fused-ring (bicyclic) bond motifs is 3. The van der Waals surface area contributed by atoms with Gasteiger partial charge in [-0.25, -0.2) is 4.98 Å². The Morgan fingerprint density at radius 1 is 1.41 bits per heavy atom. The maximum atomic E-state index is 12.2. The lowest BCUT2D eigenvalue weighted by molar-refractivity contribution is -0.118. The molecule has 1 heterocycles. The summed E-state index contributed by atoms with van der Waals surface area (Å²) >= 11 is 0. The molecule has 4 rings (SSSR count). The Morgan fingerprint density at radius 2 is 2.21 bits per heavy atom. The smallest absolute Gasteiger partial charge is 0.173 e. The topological polar surface area (TPSA) is 75.8 Å². The third-order valence-corrected chi connectivity index (χ3v) is 6.46. The number of nitriles is 1. The van der Waals surface area contributed by atoms with E-state index in [4.69, 9.17) is 4.98 Å². The minimum absolute atomic E-state index is 0.0484. The van der Waals surface area contributed by atoms with Crippen molar-refractivity contribution >= 4 is 11.6 Å². The predicted molar refractivity (Wildman–Crippen MR) is 110 cm³/mol. The van der Waals surface area contributed by atoms with Crippen molar-refractivity contribution in [1.82, 2.24) is 9.55 Å². The molecule has 0 bridgehead atoms. The summed E-state index contributed by atoms with van der Waals surface area (Å²) < 4.78 is 2.20. The largest absolute Gasteiger partial charge is 0.301 e. The van der Waals surface area contributed by atoms with Crippen LogP contribution < -0.4 is 0 Å². The maximum absolute atomic E-state index is 12.2. The van der Waals surface area contributed by atoms with E-state index in [0.29, 0.717) is 12.8 Å². The summed E-state index contributed by atoms with van der Waals surface area (Å²) in [5.41, 5.74) is 4.20. The van der Waals surface area contributed by atoms with Gasteiger partial charge in [-0.05, 0) is 56.7 Å². The van der Waals surface area contributed by atoms with E-state index in [9.17, 15) is 14.9 Å². The minimum atomic E-state index is -0.394. The van der Waals surface area contributed by atoms with Crippen LogP contribution in [0.15, 0.2) is 35.9 Å². The van der Waals surface area contributed by atoms with Crippen LogP contribution in [0.5, 0.6) is 0 Å². The first-order valence-corrected chi connectivity index (χ1v) is 10.2. The molecular weight excluding hydrogens is 362 g/mol. The van der Waals surface area contributed by atoms with Crippen LogP contribution in [0.4, 0.5) is 0 Å². The molecule has 29 heavy (non-hydrogen) atoms. The van der Waals surface area contributed by atoms with E-state index in [1.54, 1.807) is 6.92 Å². The lowest BCUT2D eigenvalue weighted by Crippen LogP contribution is -2.40. The first-order valence-electron chi connectivity index (χ1n) is 10.2. The predicted octanol–water partition coefficient (Wildman–Crippen LogP) is 3.95. The van der Waals surface area contributed by atoms with Gasteiger partial charge in [0.2, 0.25) is 0 Å². The number of allylic oxidation sites excluding steroid dienone is 2. The Kier molecular flexibility index (Phi) is 4.74. The molecular formula is C24H25N3O2. The van der Waals surface area contributed by atoms with Gasteiger partial charge in [0.15, 0.2) is 5.78 Å². The van der Waals surface area contributed by atoms with Crippen LogP contribution in [0, 0.1) is 24.2 Å². The summed E-state index contributed by atoms with van der Waals surface area (Å²) in [7, 11) is 0. The van der Waals surface area contributed by atoms with Crippen LogP contribution in [0.3, 0.4) is 0 Å². The number of rotatable bonds is 4.